The first-order chi connectivity index (χ1) is 10.3. The molecule has 1 aromatic carbocycles. The molecule has 1 aromatic rings. The van der Waals surface area contributed by atoms with Crippen molar-refractivity contribution in [3.63, 3.8) is 0 Å². The summed E-state index contributed by atoms with van der Waals surface area (Å²) in [5.74, 6) is -0.138. The first-order valence-electron chi connectivity index (χ1n) is 7.39. The third kappa shape index (κ3) is 3.78. The van der Waals surface area contributed by atoms with Crippen LogP contribution in [0.25, 0.3) is 0 Å². The van der Waals surface area contributed by atoms with Crippen molar-refractivity contribution >= 4 is 21.6 Å². The van der Waals surface area contributed by atoms with Crippen LogP contribution in [0.2, 0.25) is 0 Å². The highest BCUT2D eigenvalue weighted by atomic mass is 32.2. The van der Waals surface area contributed by atoms with Gasteiger partial charge in [0.25, 0.3) is 5.91 Å². The average Bonchev–Trinajstić information content (AvgIpc) is 2.50. The lowest BCUT2D eigenvalue weighted by molar-refractivity contribution is 0.0950. The van der Waals surface area contributed by atoms with E-state index in [4.69, 9.17) is 0 Å². The van der Waals surface area contributed by atoms with Gasteiger partial charge in [-0.3, -0.25) is 9.10 Å². The second-order valence-corrected chi connectivity index (χ2v) is 7.59. The molecule has 1 aliphatic rings. The van der Waals surface area contributed by atoms with Crippen molar-refractivity contribution in [1.82, 2.24) is 10.6 Å². The number of rotatable bonds is 5. The topological polar surface area (TPSA) is 78.5 Å². The molecule has 2 N–H and O–H groups in total. The molecule has 0 saturated heterocycles. The summed E-state index contributed by atoms with van der Waals surface area (Å²) in [6.45, 7) is 3.02. The fourth-order valence-electron chi connectivity index (χ4n) is 2.50. The number of benzene rings is 1. The minimum atomic E-state index is -3.27. The number of sulfonamides is 1. The quantitative estimate of drug-likeness (QED) is 0.837. The summed E-state index contributed by atoms with van der Waals surface area (Å²) >= 11 is 0. The molecule has 2 rings (SSSR count). The Kier molecular flexibility index (Phi) is 5.08. The number of nitrogens with zero attached hydrogens (tertiary/aromatic N) is 1. The predicted molar refractivity (Wildman–Crippen MR) is 87.8 cm³/mol. The molecular formula is C15H23N3O3S. The van der Waals surface area contributed by atoms with E-state index in [0.29, 0.717) is 24.3 Å². The largest absolute Gasteiger partial charge is 0.350 e. The van der Waals surface area contributed by atoms with Crippen molar-refractivity contribution in [2.75, 3.05) is 30.7 Å². The first kappa shape index (κ1) is 16.8. The lowest BCUT2D eigenvalue weighted by Crippen LogP contribution is -2.37. The van der Waals surface area contributed by atoms with Crippen molar-refractivity contribution in [3.8, 4) is 0 Å². The number of aryl methyl sites for hydroxylation is 1. The Balaban J connectivity index is 2.19. The van der Waals surface area contributed by atoms with Crippen LogP contribution in [-0.2, 0) is 16.4 Å². The molecular weight excluding hydrogens is 302 g/mol. The van der Waals surface area contributed by atoms with Crippen LogP contribution in [0.4, 0.5) is 5.69 Å². The van der Waals surface area contributed by atoms with Gasteiger partial charge in [-0.2, -0.15) is 0 Å². The van der Waals surface area contributed by atoms with E-state index < -0.39 is 10.0 Å². The Hall–Kier alpha value is -1.60. The number of carbonyl (C=O) groups excluding carboxylic acids is 1. The Morgan fingerprint density at radius 1 is 1.41 bits per heavy atom. The monoisotopic (exact) mass is 325 g/mol. The summed E-state index contributed by atoms with van der Waals surface area (Å²) < 4.78 is 25.0. The van der Waals surface area contributed by atoms with Gasteiger partial charge < -0.3 is 10.6 Å². The molecule has 7 heteroatoms. The molecule has 122 valence electrons. The number of hydrogen-bond acceptors (Lipinski definition) is 4. The third-order valence-electron chi connectivity index (χ3n) is 3.88. The van der Waals surface area contributed by atoms with Crippen molar-refractivity contribution in [2.45, 2.75) is 25.8 Å². The van der Waals surface area contributed by atoms with Gasteiger partial charge in [0.2, 0.25) is 10.0 Å². The number of anilines is 1. The van der Waals surface area contributed by atoms with Crippen molar-refractivity contribution in [1.29, 1.82) is 0 Å². The molecule has 1 amide bonds. The van der Waals surface area contributed by atoms with E-state index in [1.54, 1.807) is 18.2 Å². The van der Waals surface area contributed by atoms with E-state index in [1.165, 1.54) is 10.6 Å². The van der Waals surface area contributed by atoms with E-state index in [9.17, 15) is 13.2 Å². The van der Waals surface area contributed by atoms with Crippen molar-refractivity contribution < 1.29 is 13.2 Å². The van der Waals surface area contributed by atoms with Crippen LogP contribution in [0.15, 0.2) is 18.2 Å². The van der Waals surface area contributed by atoms with Gasteiger partial charge in [-0.15, -0.1) is 0 Å². The molecule has 6 nitrogen and oxygen atoms in total. The number of carbonyl (C=O) groups is 1. The molecule has 0 radical (unpaired) electrons. The molecule has 1 heterocycles. The lowest BCUT2D eigenvalue weighted by atomic mass is 10.0. The van der Waals surface area contributed by atoms with Gasteiger partial charge in [0.15, 0.2) is 0 Å². The minimum Gasteiger partial charge on any atom is -0.350 e. The van der Waals surface area contributed by atoms with E-state index >= 15 is 0 Å². The molecule has 0 saturated carbocycles. The molecule has 1 aliphatic heterocycles. The zero-order valence-electron chi connectivity index (χ0n) is 13.2. The van der Waals surface area contributed by atoms with Gasteiger partial charge in [0, 0.05) is 24.7 Å². The molecule has 1 unspecified atom stereocenters. The van der Waals surface area contributed by atoms with E-state index in [2.05, 4.69) is 10.6 Å². The molecule has 22 heavy (non-hydrogen) atoms. The molecule has 0 spiro atoms. The van der Waals surface area contributed by atoms with Gasteiger partial charge in [-0.25, -0.2) is 8.42 Å². The lowest BCUT2D eigenvalue weighted by Gasteiger charge is -2.29. The smallest absolute Gasteiger partial charge is 0.251 e. The highest BCUT2D eigenvalue weighted by Gasteiger charge is 2.24. The van der Waals surface area contributed by atoms with Crippen LogP contribution in [0.1, 0.15) is 29.3 Å². The fourth-order valence-corrected chi connectivity index (χ4v) is 3.49. The molecule has 1 atom stereocenters. The van der Waals surface area contributed by atoms with Crippen LogP contribution >= 0.6 is 0 Å². The average molecular weight is 325 g/mol. The van der Waals surface area contributed by atoms with Gasteiger partial charge in [-0.05, 0) is 50.6 Å². The van der Waals surface area contributed by atoms with Crippen LogP contribution < -0.4 is 14.9 Å². The maximum absolute atomic E-state index is 12.2. The maximum Gasteiger partial charge on any atom is 0.251 e. The number of fused-ring (bicyclic) bond motifs is 1. The Labute approximate surface area is 131 Å². The Morgan fingerprint density at radius 3 is 2.77 bits per heavy atom. The maximum atomic E-state index is 12.2. The second kappa shape index (κ2) is 6.66. The Bertz CT molecular complexity index is 658. The molecule has 0 bridgehead atoms. The van der Waals surface area contributed by atoms with Gasteiger partial charge in [0.1, 0.15) is 0 Å². The van der Waals surface area contributed by atoms with Crippen LogP contribution in [0.3, 0.4) is 0 Å². The van der Waals surface area contributed by atoms with Gasteiger partial charge in [-0.1, -0.05) is 0 Å². The van der Waals surface area contributed by atoms with E-state index in [0.717, 1.165) is 18.4 Å². The predicted octanol–water partition coefficient (Wildman–Crippen LogP) is 0.737. The second-order valence-electron chi connectivity index (χ2n) is 5.68. The number of likely N-dealkylation sites (N-methyl/N-ethyl adjacent to an activating group) is 1. The summed E-state index contributed by atoms with van der Waals surface area (Å²) in [6.07, 6.45) is 2.76. The summed E-state index contributed by atoms with van der Waals surface area (Å²) in [5, 5.41) is 5.92. The summed E-state index contributed by atoms with van der Waals surface area (Å²) in [7, 11) is -1.43. The first-order valence-corrected chi connectivity index (χ1v) is 9.24. The summed E-state index contributed by atoms with van der Waals surface area (Å²) in [6, 6.07) is 5.40. The van der Waals surface area contributed by atoms with Gasteiger partial charge >= 0.3 is 0 Å². The van der Waals surface area contributed by atoms with Gasteiger partial charge in [0.05, 0.1) is 11.9 Å². The standard InChI is InChI=1S/C15H23N3O3S/c1-11(16-2)10-17-15(19)13-6-7-14-12(9-13)5-4-8-18(14)22(3,20)21/h6-7,9,11,16H,4-5,8,10H2,1-3H3,(H,17,19). The summed E-state index contributed by atoms with van der Waals surface area (Å²) in [5.41, 5.74) is 2.16. The number of hydrogen-bond donors (Lipinski definition) is 2. The van der Waals surface area contributed by atoms with Crippen LogP contribution in [-0.4, -0.2) is 46.8 Å². The van der Waals surface area contributed by atoms with Crippen molar-refractivity contribution in [2.24, 2.45) is 0 Å². The number of nitrogens with one attached hydrogen (secondary N) is 2. The summed E-state index contributed by atoms with van der Waals surface area (Å²) in [4.78, 5) is 12.2. The van der Waals surface area contributed by atoms with Crippen LogP contribution in [0.5, 0.6) is 0 Å². The molecule has 0 fully saturated rings. The van der Waals surface area contributed by atoms with Crippen LogP contribution in [0, 0.1) is 0 Å². The zero-order chi connectivity index (χ0) is 16.3. The fraction of sp³-hybridized carbons (Fsp3) is 0.533. The molecule has 0 aliphatic carbocycles. The number of amides is 1. The van der Waals surface area contributed by atoms with E-state index in [-0.39, 0.29) is 11.9 Å². The highest BCUT2D eigenvalue weighted by molar-refractivity contribution is 7.92. The SMILES string of the molecule is CNC(C)CNC(=O)c1ccc2c(c1)CCCN2S(C)(=O)=O. The third-order valence-corrected chi connectivity index (χ3v) is 5.06. The minimum absolute atomic E-state index is 0.138. The van der Waals surface area contributed by atoms with E-state index in [1.807, 2.05) is 14.0 Å². The zero-order valence-corrected chi connectivity index (χ0v) is 14.0. The van der Waals surface area contributed by atoms with Crippen molar-refractivity contribution in [3.05, 3.63) is 29.3 Å². The molecule has 0 aromatic heterocycles. The highest BCUT2D eigenvalue weighted by Crippen LogP contribution is 2.29. The Morgan fingerprint density at radius 2 is 2.14 bits per heavy atom. The normalized spacial score (nSPS) is 16.0.